The van der Waals surface area contributed by atoms with Gasteiger partial charge < -0.3 is 0 Å². The van der Waals surface area contributed by atoms with Gasteiger partial charge in [-0.1, -0.05) is 107 Å². The maximum Gasteiger partial charge on any atom is 0.0860 e. The number of hydrogen-bond donors (Lipinski definition) is 0. The van der Waals surface area contributed by atoms with E-state index < -0.39 is 10.8 Å². The molecule has 4 aromatic carbocycles. The van der Waals surface area contributed by atoms with E-state index in [4.69, 9.17) is 69.6 Å². The monoisotopic (exact) mass is 570 g/mol. The molecule has 168 valence electrons. The number of rotatable bonds is 6. The normalized spacial score (nSPS) is 13.0. The Hall–Kier alpha value is -1.03. The summed E-state index contributed by atoms with van der Waals surface area (Å²) in [6, 6.07) is 26.7. The molecule has 0 saturated carbocycles. The minimum Gasteiger partial charge on any atom is -0.112 e. The highest BCUT2D eigenvalue weighted by Gasteiger charge is 2.21. The van der Waals surface area contributed by atoms with Crippen LogP contribution in [0.25, 0.3) is 0 Å². The Morgan fingerprint density at radius 2 is 0.879 bits per heavy atom. The Kier molecular flexibility index (Phi) is 8.46. The summed E-state index contributed by atoms with van der Waals surface area (Å²) in [4.78, 5) is 2.00. The van der Waals surface area contributed by atoms with Crippen LogP contribution in [0.3, 0.4) is 0 Å². The van der Waals surface area contributed by atoms with Gasteiger partial charge in [-0.3, -0.25) is 0 Å². The van der Waals surface area contributed by atoms with Gasteiger partial charge in [0.1, 0.15) is 0 Å². The lowest BCUT2D eigenvalue weighted by Gasteiger charge is -2.19. The molecule has 0 bridgehead atoms. The third-order valence-electron chi connectivity index (χ3n) is 5.08. The van der Waals surface area contributed by atoms with Crippen LogP contribution in [0.2, 0.25) is 20.1 Å². The summed E-state index contributed by atoms with van der Waals surface area (Å²) in [6.45, 7) is 0. The van der Waals surface area contributed by atoms with Gasteiger partial charge in [-0.25, -0.2) is 0 Å². The van der Waals surface area contributed by atoms with Gasteiger partial charge in [-0.2, -0.15) is 0 Å². The fraction of sp³-hybridized carbons (Fsp3) is 0.0769. The molecule has 7 heteroatoms. The van der Waals surface area contributed by atoms with Gasteiger partial charge in [0.15, 0.2) is 0 Å². The second kappa shape index (κ2) is 11.1. The molecule has 0 saturated heterocycles. The van der Waals surface area contributed by atoms with E-state index >= 15 is 0 Å². The largest absolute Gasteiger partial charge is 0.112 e. The van der Waals surface area contributed by atoms with Gasteiger partial charge >= 0.3 is 0 Å². The van der Waals surface area contributed by atoms with Crippen LogP contribution in [0.4, 0.5) is 0 Å². The molecule has 4 aromatic rings. The molecule has 0 fully saturated rings. The first kappa shape index (κ1) is 25.1. The third kappa shape index (κ3) is 5.80. The minimum atomic E-state index is -0.442. The highest BCUT2D eigenvalue weighted by atomic mass is 35.5. The van der Waals surface area contributed by atoms with Crippen LogP contribution in [0.15, 0.2) is 94.7 Å². The molecule has 0 aromatic heterocycles. The second-order valence-electron chi connectivity index (χ2n) is 7.23. The molecule has 0 aliphatic heterocycles. The van der Waals surface area contributed by atoms with Crippen LogP contribution in [0.5, 0.6) is 0 Å². The average Bonchev–Trinajstić information content (AvgIpc) is 2.79. The summed E-state index contributed by atoms with van der Waals surface area (Å²) >= 11 is 40.4. The molecular formula is C26H16Cl6S. The van der Waals surface area contributed by atoms with Crippen molar-refractivity contribution in [1.82, 2.24) is 0 Å². The van der Waals surface area contributed by atoms with Crippen molar-refractivity contribution in [1.29, 1.82) is 0 Å². The van der Waals surface area contributed by atoms with Crippen LogP contribution in [0.1, 0.15) is 33.0 Å². The van der Waals surface area contributed by atoms with E-state index in [9.17, 15) is 0 Å². The summed E-state index contributed by atoms with van der Waals surface area (Å²) in [6.07, 6.45) is 0. The van der Waals surface area contributed by atoms with E-state index in [-0.39, 0.29) is 0 Å². The van der Waals surface area contributed by atoms with Crippen LogP contribution in [-0.4, -0.2) is 0 Å². The Morgan fingerprint density at radius 3 is 1.27 bits per heavy atom. The van der Waals surface area contributed by atoms with Crippen LogP contribution in [-0.2, 0) is 0 Å². The van der Waals surface area contributed by atoms with Crippen LogP contribution in [0, 0.1) is 0 Å². The fourth-order valence-corrected chi connectivity index (χ4v) is 6.61. The van der Waals surface area contributed by atoms with Crippen molar-refractivity contribution in [3.63, 3.8) is 0 Å². The Bertz CT molecular complexity index is 1190. The fourth-order valence-electron chi connectivity index (χ4n) is 3.43. The maximum absolute atomic E-state index is 6.90. The van der Waals surface area contributed by atoms with E-state index in [1.165, 1.54) is 0 Å². The second-order valence-corrected chi connectivity index (χ2v) is 10.9. The zero-order valence-electron chi connectivity index (χ0n) is 16.9. The van der Waals surface area contributed by atoms with Gasteiger partial charge in [-0.05, 0) is 58.7 Å². The zero-order chi connectivity index (χ0) is 23.5. The molecule has 0 N–H and O–H groups in total. The molecule has 0 aliphatic rings. The number of hydrogen-bond acceptors (Lipinski definition) is 1. The van der Waals surface area contributed by atoms with E-state index in [1.54, 1.807) is 36.0 Å². The van der Waals surface area contributed by atoms with Crippen molar-refractivity contribution < 1.29 is 0 Å². The van der Waals surface area contributed by atoms with Crippen LogP contribution < -0.4 is 0 Å². The standard InChI is InChI=1S/C26H16Cl6S/c27-15-9-11-17(21(29)13-15)25(31)19-5-1-3-7-23(19)33-24-8-4-2-6-20(24)26(32)18-12-10-16(28)14-22(18)30/h1-14,25-26H. The van der Waals surface area contributed by atoms with Crippen molar-refractivity contribution >= 4 is 81.4 Å². The molecule has 2 unspecified atom stereocenters. The van der Waals surface area contributed by atoms with Gasteiger partial charge in [0, 0.05) is 29.9 Å². The molecule has 0 heterocycles. The molecule has 0 spiro atoms. The van der Waals surface area contributed by atoms with Crippen molar-refractivity contribution in [2.75, 3.05) is 0 Å². The first-order valence-corrected chi connectivity index (χ1v) is 13.1. The average molecular weight is 573 g/mol. The lowest BCUT2D eigenvalue weighted by Crippen LogP contribution is -1.99. The Labute approximate surface area is 227 Å². The molecule has 0 amide bonds. The van der Waals surface area contributed by atoms with Gasteiger partial charge in [0.25, 0.3) is 0 Å². The molecule has 0 aliphatic carbocycles. The predicted octanol–water partition coefficient (Wildman–Crippen LogP) is 11.1. The van der Waals surface area contributed by atoms with Crippen LogP contribution >= 0.6 is 81.4 Å². The Morgan fingerprint density at radius 1 is 0.485 bits per heavy atom. The summed E-state index contributed by atoms with van der Waals surface area (Å²) < 4.78 is 0. The van der Waals surface area contributed by atoms with Crippen molar-refractivity contribution in [2.24, 2.45) is 0 Å². The first-order valence-electron chi connectivity index (χ1n) is 9.89. The van der Waals surface area contributed by atoms with Crippen molar-refractivity contribution in [3.05, 3.63) is 127 Å². The molecule has 2 atom stereocenters. The zero-order valence-corrected chi connectivity index (χ0v) is 22.3. The number of benzene rings is 4. The number of halogens is 6. The SMILES string of the molecule is Clc1ccc(C(Cl)c2ccccc2Sc2ccccc2C(Cl)c2ccc(Cl)cc2Cl)c(Cl)c1. The van der Waals surface area contributed by atoms with Crippen molar-refractivity contribution in [3.8, 4) is 0 Å². The van der Waals surface area contributed by atoms with E-state index in [1.807, 2.05) is 60.7 Å². The van der Waals surface area contributed by atoms with E-state index in [0.29, 0.717) is 20.1 Å². The Balaban J connectivity index is 1.70. The van der Waals surface area contributed by atoms with Gasteiger partial charge in [0.05, 0.1) is 10.8 Å². The van der Waals surface area contributed by atoms with Gasteiger partial charge in [0.2, 0.25) is 0 Å². The minimum absolute atomic E-state index is 0.442. The van der Waals surface area contributed by atoms with Crippen molar-refractivity contribution in [2.45, 2.75) is 20.5 Å². The summed E-state index contributed by atoms with van der Waals surface area (Å²) in [7, 11) is 0. The lowest BCUT2D eigenvalue weighted by molar-refractivity contribution is 1.07. The summed E-state index contributed by atoms with van der Waals surface area (Å²) in [5.74, 6) is 0. The molecular weight excluding hydrogens is 557 g/mol. The quantitative estimate of drug-likeness (QED) is 0.207. The molecule has 0 radical (unpaired) electrons. The first-order chi connectivity index (χ1) is 15.8. The molecule has 4 rings (SSSR count). The highest BCUT2D eigenvalue weighted by molar-refractivity contribution is 7.99. The predicted molar refractivity (Wildman–Crippen MR) is 145 cm³/mol. The maximum atomic E-state index is 6.90. The van der Waals surface area contributed by atoms with E-state index in [0.717, 1.165) is 32.0 Å². The topological polar surface area (TPSA) is 0 Å². The summed E-state index contributed by atoms with van der Waals surface area (Å²) in [5.41, 5.74) is 3.48. The molecule has 33 heavy (non-hydrogen) atoms. The highest BCUT2D eigenvalue weighted by Crippen LogP contribution is 2.45. The molecule has 0 nitrogen and oxygen atoms in total. The van der Waals surface area contributed by atoms with Gasteiger partial charge in [-0.15, -0.1) is 23.2 Å². The summed E-state index contributed by atoms with van der Waals surface area (Å²) in [5, 5.41) is 1.31. The van der Waals surface area contributed by atoms with E-state index in [2.05, 4.69) is 0 Å². The third-order valence-corrected chi connectivity index (χ3v) is 8.32. The smallest absolute Gasteiger partial charge is 0.0860 e. The lowest BCUT2D eigenvalue weighted by atomic mass is 10.0. The number of alkyl halides is 2.